The molecule has 0 atom stereocenters. The van der Waals surface area contributed by atoms with E-state index in [4.69, 9.17) is 0 Å². The van der Waals surface area contributed by atoms with Gasteiger partial charge in [-0.25, -0.2) is 0 Å². The Labute approximate surface area is 711 Å². The molecule has 0 amide bonds. The molecule has 8 aromatic rings. The van der Waals surface area contributed by atoms with Crippen molar-refractivity contribution < 1.29 is 0 Å². The summed E-state index contributed by atoms with van der Waals surface area (Å²) in [5.41, 5.74) is 0. The number of unbranched alkanes of at least 4 members (excludes halogenated alkanes) is 6. The van der Waals surface area contributed by atoms with Crippen LogP contribution in [0.25, 0.3) is 0 Å². The maximum atomic E-state index is 4.33. The molecule has 8 rings (SSSR count). The number of aromatic nitrogens is 24. The zero-order chi connectivity index (χ0) is 89.4. The van der Waals surface area contributed by atoms with Crippen LogP contribution in [-0.2, 0) is 0 Å². The molecule has 0 radical (unpaired) electrons. The third-order valence-corrected chi connectivity index (χ3v) is 15.7. The maximum absolute atomic E-state index is 4.33. The molecular formula is C72H144N48. The predicted octanol–water partition coefficient (Wildman–Crippen LogP) is 7.87. The molecule has 0 aliphatic carbocycles. The van der Waals surface area contributed by atoms with Crippen molar-refractivity contribution in [2.45, 2.75) is 132 Å². The molecule has 20 N–H and O–H groups in total. The Morgan fingerprint density at radius 2 is 0.375 bits per heavy atom. The summed E-state index contributed by atoms with van der Waals surface area (Å²) in [4.78, 5) is 109. The van der Waals surface area contributed by atoms with Gasteiger partial charge in [0.05, 0.1) is 0 Å². The summed E-state index contributed by atoms with van der Waals surface area (Å²) in [5.74, 6) is 14.2. The van der Waals surface area contributed by atoms with E-state index < -0.39 is 0 Å². The van der Waals surface area contributed by atoms with E-state index in [1.807, 2.05) is 56.7 Å². The van der Waals surface area contributed by atoms with Crippen molar-refractivity contribution in [2.75, 3.05) is 319 Å². The molecule has 120 heavy (non-hydrogen) atoms. The van der Waals surface area contributed by atoms with Crippen molar-refractivity contribution in [3.05, 3.63) is 0 Å². The summed E-state index contributed by atoms with van der Waals surface area (Å²) in [5, 5.41) is 58.8. The molecule has 0 saturated carbocycles. The summed E-state index contributed by atoms with van der Waals surface area (Å²) in [6.07, 6.45) is 13.8. The summed E-state index contributed by atoms with van der Waals surface area (Å²) in [7, 11) is 36.5. The monoisotopic (exact) mass is 1680 g/mol. The Hall–Kier alpha value is -12.7. The summed E-state index contributed by atoms with van der Waals surface area (Å²) in [6.45, 7) is 24.0. The summed E-state index contributed by atoms with van der Waals surface area (Å²) in [6, 6.07) is 0. The Balaban J connectivity index is 0.000000686. The number of nitrogens with zero attached hydrogens (tertiary/aromatic N) is 28. The van der Waals surface area contributed by atoms with E-state index in [-0.39, 0.29) is 0 Å². The van der Waals surface area contributed by atoms with Gasteiger partial charge in [0, 0.05) is 193 Å². The molecule has 0 spiro atoms. The lowest BCUT2D eigenvalue weighted by atomic mass is 10.2. The second-order valence-corrected chi connectivity index (χ2v) is 25.1. The molecule has 48 nitrogen and oxygen atoms in total. The highest BCUT2D eigenvalue weighted by molar-refractivity contribution is 5.49. The van der Waals surface area contributed by atoms with E-state index in [0.717, 1.165) is 104 Å². The molecule has 672 valence electrons. The van der Waals surface area contributed by atoms with Crippen molar-refractivity contribution in [2.24, 2.45) is 0 Å². The van der Waals surface area contributed by atoms with Crippen molar-refractivity contribution in [3.8, 4) is 0 Å². The van der Waals surface area contributed by atoms with Crippen LogP contribution in [0.2, 0.25) is 0 Å². The van der Waals surface area contributed by atoms with Crippen molar-refractivity contribution in [1.82, 2.24) is 120 Å². The normalized spacial score (nSPS) is 9.83. The summed E-state index contributed by atoms with van der Waals surface area (Å²) < 4.78 is 0. The van der Waals surface area contributed by atoms with Crippen LogP contribution in [0.4, 0.5) is 143 Å². The van der Waals surface area contributed by atoms with Crippen molar-refractivity contribution in [3.63, 3.8) is 0 Å². The topological polar surface area (TPSA) is 563 Å². The highest BCUT2D eigenvalue weighted by atomic mass is 15.4. The van der Waals surface area contributed by atoms with Crippen LogP contribution in [0.5, 0.6) is 0 Å². The third kappa shape index (κ3) is 42.9. The third-order valence-electron chi connectivity index (χ3n) is 15.7. The second kappa shape index (κ2) is 64.4. The Morgan fingerprint density at radius 1 is 0.175 bits per heavy atom. The van der Waals surface area contributed by atoms with Gasteiger partial charge in [0.25, 0.3) is 0 Å². The van der Waals surface area contributed by atoms with Gasteiger partial charge in [-0.15, -0.1) is 0 Å². The SMILES string of the molecule is CCCCCN(C)c1nc(NC)nc(NC)n1.CCCCCNc1nc(NC)nc(NC)n1.CCCCN(C)c1nc(NC)nc(NC)n1.CCCCNc1nc(NC)nc(NC)n1.CCCN(C)c1nc(NC)nc(NC)n1.CCCNc1nc(NC)nc(NC)n1.CCN(C)c1nc(NC)nc(NC)n1.CCNc1nc(NC)nc(NC)n1. The zero-order valence-corrected chi connectivity index (χ0v) is 76.7. The standard InChI is InChI=1S/C11H22N6.2C10H20N6.2C9H18N6.2C8H16N6.C7H14N6/c1-5-6-7-8-17(4)11-15-9(12-2)14-10(13-3)16-11;1-5-6-7-16(4)10-14-8(11-2)13-9(12-3)15-10;1-4-5-6-7-13-10-15-8(11-2)14-9(12-3)16-10;1-5-6-15(4)9-13-7(10-2)12-8(11-3)14-9;1-4-5-6-12-9-14-7(10-2)13-8(11-3)15-9;1-5-14(4)8-12-6(9-2)11-7(10-3)13-8;1-4-5-11-8-13-6(9-2)12-7(10-3)14-8;1-4-10-7-12-5(8-2)11-6(9-3)13-7/h5-8H2,1-4H3,(H2,12,13,14,15,16);5-7H2,1-4H3,(H2,11,12,13,14,15);4-7H2,1-3H3,(H3,11,12,13,14,15,16);5-6H2,1-4H3,(H2,10,11,12,13,14);4-6H2,1-3H3,(H3,10,11,12,13,14,15);5H2,1-4H3,(H2,9,10,11,12,13);4-5H2,1-3H3,(H3,9,10,11,12,13,14);4H2,1-3H3,(H3,8,9,10,11,12,13). The van der Waals surface area contributed by atoms with Gasteiger partial charge in [0.15, 0.2) is 0 Å². The molecule has 0 aliphatic heterocycles. The number of hydrogen-bond acceptors (Lipinski definition) is 48. The Kier molecular flexibility index (Phi) is 56.5. The lowest BCUT2D eigenvalue weighted by Gasteiger charge is -2.17. The average Bonchev–Trinajstić information content (AvgIpc) is 0.850. The number of nitrogens with one attached hydrogen (secondary N) is 20. The van der Waals surface area contributed by atoms with Crippen molar-refractivity contribution in [1.29, 1.82) is 0 Å². The van der Waals surface area contributed by atoms with Crippen LogP contribution < -0.4 is 126 Å². The quantitative estimate of drug-likeness (QED) is 0.0161. The molecule has 0 saturated heterocycles. The van der Waals surface area contributed by atoms with Crippen LogP contribution in [0.15, 0.2) is 0 Å². The molecule has 0 aliphatic rings. The predicted molar refractivity (Wildman–Crippen MR) is 499 cm³/mol. The van der Waals surface area contributed by atoms with Gasteiger partial charge < -0.3 is 126 Å². The molecular weight excluding hydrogens is 1540 g/mol. The smallest absolute Gasteiger partial charge is 0.231 e. The first-order valence-corrected chi connectivity index (χ1v) is 40.8. The highest BCUT2D eigenvalue weighted by Crippen LogP contribution is 2.18. The van der Waals surface area contributed by atoms with Gasteiger partial charge in [0.2, 0.25) is 143 Å². The minimum atomic E-state index is 0.551. The van der Waals surface area contributed by atoms with Crippen LogP contribution in [-0.4, -0.2) is 313 Å². The van der Waals surface area contributed by atoms with Crippen LogP contribution >= 0.6 is 0 Å². The fourth-order valence-corrected chi connectivity index (χ4v) is 8.87. The zero-order valence-electron chi connectivity index (χ0n) is 76.7. The Bertz CT molecular complexity index is 3780. The maximum Gasteiger partial charge on any atom is 0.231 e. The fourth-order valence-electron chi connectivity index (χ4n) is 8.87. The second-order valence-electron chi connectivity index (χ2n) is 25.1. The molecule has 8 heterocycles. The Morgan fingerprint density at radius 3 is 0.600 bits per heavy atom. The van der Waals surface area contributed by atoms with E-state index in [9.17, 15) is 0 Å². The van der Waals surface area contributed by atoms with Gasteiger partial charge in [-0.05, 0) is 52.4 Å². The molecule has 0 aromatic carbocycles. The van der Waals surface area contributed by atoms with Crippen LogP contribution in [0.3, 0.4) is 0 Å². The van der Waals surface area contributed by atoms with E-state index in [2.05, 4.69) is 272 Å². The molecule has 8 aromatic heterocycles. The minimum Gasteiger partial charge on any atom is -0.357 e. The van der Waals surface area contributed by atoms with E-state index in [0.29, 0.717) is 143 Å². The largest absolute Gasteiger partial charge is 0.357 e. The van der Waals surface area contributed by atoms with Gasteiger partial charge >= 0.3 is 0 Å². The molecule has 0 fully saturated rings. The molecule has 0 unspecified atom stereocenters. The lowest BCUT2D eigenvalue weighted by Crippen LogP contribution is -2.22. The number of anilines is 24. The fraction of sp³-hybridized carbons (Fsp3) is 0.667. The van der Waals surface area contributed by atoms with Crippen LogP contribution in [0, 0.1) is 0 Å². The minimum absolute atomic E-state index is 0.551. The average molecular weight is 1680 g/mol. The van der Waals surface area contributed by atoms with E-state index in [1.165, 1.54) is 25.7 Å². The van der Waals surface area contributed by atoms with E-state index >= 15 is 0 Å². The molecule has 48 heteroatoms. The van der Waals surface area contributed by atoms with Gasteiger partial charge in [-0.1, -0.05) is 80.1 Å². The van der Waals surface area contributed by atoms with E-state index in [1.54, 1.807) is 113 Å². The van der Waals surface area contributed by atoms with Gasteiger partial charge in [-0.3, -0.25) is 0 Å². The molecule has 0 bridgehead atoms. The first-order valence-electron chi connectivity index (χ1n) is 40.8. The van der Waals surface area contributed by atoms with Gasteiger partial charge in [0.1, 0.15) is 0 Å². The lowest BCUT2D eigenvalue weighted by molar-refractivity contribution is 0.695. The number of hydrogen-bond donors (Lipinski definition) is 20. The highest BCUT2D eigenvalue weighted by Gasteiger charge is 2.14. The van der Waals surface area contributed by atoms with Gasteiger partial charge in [-0.2, -0.15) is 120 Å². The first kappa shape index (κ1) is 105. The number of rotatable bonds is 44. The summed E-state index contributed by atoms with van der Waals surface area (Å²) >= 11 is 0. The van der Waals surface area contributed by atoms with Crippen LogP contribution in [0.1, 0.15) is 132 Å². The first-order chi connectivity index (χ1) is 58.0. The van der Waals surface area contributed by atoms with Crippen molar-refractivity contribution >= 4 is 143 Å².